The van der Waals surface area contributed by atoms with Crippen LogP contribution >= 0.6 is 0 Å². The first-order chi connectivity index (χ1) is 6.13. The van der Waals surface area contributed by atoms with Crippen molar-refractivity contribution in [3.05, 3.63) is 0 Å². The monoisotopic (exact) mass is 186 g/mol. The fraction of sp³-hybridized carbons (Fsp3) is 0.875. The van der Waals surface area contributed by atoms with Crippen LogP contribution in [0.5, 0.6) is 0 Å². The summed E-state index contributed by atoms with van der Waals surface area (Å²) in [5.74, 6) is 0.291. The molecule has 0 aromatic heterocycles. The molecule has 1 atom stereocenters. The fourth-order valence-electron chi connectivity index (χ4n) is 1.64. The molecule has 5 nitrogen and oxygen atoms in total. The molecule has 1 rings (SSSR count). The first-order valence-electron chi connectivity index (χ1n) is 4.48. The molecule has 0 amide bonds. The number of hydrogen-bond acceptors (Lipinski definition) is 4. The normalized spacial score (nSPS) is 25.8. The second-order valence-electron chi connectivity index (χ2n) is 3.73. The van der Waals surface area contributed by atoms with Gasteiger partial charge >= 0.3 is 0 Å². The molecule has 0 spiro atoms. The molecule has 13 heavy (non-hydrogen) atoms. The molecule has 1 fully saturated rings. The van der Waals surface area contributed by atoms with E-state index in [4.69, 9.17) is 10.9 Å². The Morgan fingerprint density at radius 3 is 2.85 bits per heavy atom. The average Bonchev–Trinajstić information content (AvgIpc) is 2.52. The van der Waals surface area contributed by atoms with Gasteiger partial charge < -0.3 is 15.8 Å². The van der Waals surface area contributed by atoms with E-state index in [1.165, 1.54) is 0 Å². The summed E-state index contributed by atoms with van der Waals surface area (Å²) in [4.78, 5) is 4.41. The molecule has 1 aliphatic heterocycles. The second kappa shape index (κ2) is 4.43. The summed E-state index contributed by atoms with van der Waals surface area (Å²) in [5.41, 5.74) is 5.42. The molecular weight excluding hydrogens is 168 g/mol. The van der Waals surface area contributed by atoms with E-state index >= 15 is 0 Å². The molecule has 0 radical (unpaired) electrons. The highest BCUT2D eigenvalue weighted by Gasteiger charge is 2.23. The largest absolute Gasteiger partial charge is 0.409 e. The Kier molecular flexibility index (Phi) is 3.50. The van der Waals surface area contributed by atoms with Gasteiger partial charge in [0.1, 0.15) is 0 Å². The zero-order valence-electron chi connectivity index (χ0n) is 8.27. The van der Waals surface area contributed by atoms with Crippen molar-refractivity contribution in [1.82, 2.24) is 9.80 Å². The lowest BCUT2D eigenvalue weighted by atomic mass is 10.2. The van der Waals surface area contributed by atoms with E-state index in [1.807, 2.05) is 0 Å². The van der Waals surface area contributed by atoms with Crippen LogP contribution in [0.2, 0.25) is 0 Å². The molecule has 0 aliphatic carbocycles. The maximum absolute atomic E-state index is 8.40. The topological polar surface area (TPSA) is 65.1 Å². The zero-order chi connectivity index (χ0) is 9.84. The van der Waals surface area contributed by atoms with E-state index in [2.05, 4.69) is 29.1 Å². The zero-order valence-corrected chi connectivity index (χ0v) is 8.27. The minimum Gasteiger partial charge on any atom is -0.409 e. The summed E-state index contributed by atoms with van der Waals surface area (Å²) >= 11 is 0. The maximum Gasteiger partial charge on any atom is 0.153 e. The minimum absolute atomic E-state index is 0.291. The molecule has 5 heteroatoms. The van der Waals surface area contributed by atoms with Gasteiger partial charge in [-0.3, -0.25) is 4.90 Å². The van der Waals surface area contributed by atoms with Crippen molar-refractivity contribution in [3.63, 3.8) is 0 Å². The van der Waals surface area contributed by atoms with Crippen molar-refractivity contribution in [2.45, 2.75) is 12.5 Å². The molecule has 0 saturated carbocycles. The van der Waals surface area contributed by atoms with E-state index in [0.717, 1.165) is 19.5 Å². The summed E-state index contributed by atoms with van der Waals surface area (Å²) in [6.45, 7) is 2.60. The van der Waals surface area contributed by atoms with Crippen molar-refractivity contribution in [2.75, 3.05) is 33.7 Å². The molecular formula is C8H18N4O. The van der Waals surface area contributed by atoms with Crippen LogP contribution in [0.4, 0.5) is 0 Å². The van der Waals surface area contributed by atoms with Crippen molar-refractivity contribution in [3.8, 4) is 0 Å². The Bertz CT molecular complexity index is 193. The molecule has 1 saturated heterocycles. The lowest BCUT2D eigenvalue weighted by Gasteiger charge is -2.19. The minimum atomic E-state index is 0.291. The van der Waals surface area contributed by atoms with Gasteiger partial charge in [0.25, 0.3) is 0 Å². The van der Waals surface area contributed by atoms with Gasteiger partial charge in [-0.15, -0.1) is 0 Å². The quantitative estimate of drug-likeness (QED) is 0.266. The van der Waals surface area contributed by atoms with Gasteiger partial charge in [-0.2, -0.15) is 0 Å². The third-order valence-corrected chi connectivity index (χ3v) is 2.49. The van der Waals surface area contributed by atoms with Crippen LogP contribution < -0.4 is 5.73 Å². The van der Waals surface area contributed by atoms with Crippen LogP contribution in [0, 0.1) is 0 Å². The summed E-state index contributed by atoms with van der Waals surface area (Å²) in [7, 11) is 4.16. The van der Waals surface area contributed by atoms with Gasteiger partial charge in [0, 0.05) is 19.1 Å². The predicted octanol–water partition coefficient (Wildman–Crippen LogP) is -0.631. The van der Waals surface area contributed by atoms with Crippen LogP contribution in [-0.4, -0.2) is 60.6 Å². The predicted molar refractivity (Wildman–Crippen MR) is 51.9 cm³/mol. The molecule has 1 heterocycles. The van der Waals surface area contributed by atoms with Crippen LogP contribution in [0.3, 0.4) is 0 Å². The van der Waals surface area contributed by atoms with Gasteiger partial charge in [0.2, 0.25) is 0 Å². The SMILES string of the molecule is CN(C)C1CCN(CC(N)=NO)C1. The highest BCUT2D eigenvalue weighted by molar-refractivity contribution is 5.81. The molecule has 1 aliphatic rings. The standard InChI is InChI=1S/C8H18N4O/c1-11(2)7-3-4-12(5-7)6-8(9)10-13/h7,13H,3-6H2,1-2H3,(H2,9,10). The molecule has 0 aromatic rings. The first-order valence-corrected chi connectivity index (χ1v) is 4.48. The number of amidine groups is 1. The van der Waals surface area contributed by atoms with Crippen molar-refractivity contribution >= 4 is 5.84 Å². The number of likely N-dealkylation sites (N-methyl/N-ethyl adjacent to an activating group) is 1. The van der Waals surface area contributed by atoms with E-state index in [-0.39, 0.29) is 0 Å². The highest BCUT2D eigenvalue weighted by atomic mass is 16.4. The third kappa shape index (κ3) is 2.86. The van der Waals surface area contributed by atoms with E-state index in [0.29, 0.717) is 18.4 Å². The van der Waals surface area contributed by atoms with Gasteiger partial charge in [-0.05, 0) is 20.5 Å². The lowest BCUT2D eigenvalue weighted by Crippen LogP contribution is -2.35. The fourth-order valence-corrected chi connectivity index (χ4v) is 1.64. The Labute approximate surface area is 78.8 Å². The molecule has 0 aromatic carbocycles. The number of hydrogen-bond donors (Lipinski definition) is 2. The summed E-state index contributed by atoms with van der Waals surface area (Å²) < 4.78 is 0. The molecule has 1 unspecified atom stereocenters. The summed E-state index contributed by atoms with van der Waals surface area (Å²) in [6, 6.07) is 0.603. The van der Waals surface area contributed by atoms with Gasteiger partial charge in [-0.25, -0.2) is 0 Å². The number of nitrogens with two attached hydrogens (primary N) is 1. The molecule has 76 valence electrons. The highest BCUT2D eigenvalue weighted by Crippen LogP contribution is 2.12. The lowest BCUT2D eigenvalue weighted by molar-refractivity contribution is 0.278. The second-order valence-corrected chi connectivity index (χ2v) is 3.73. The summed E-state index contributed by atoms with van der Waals surface area (Å²) in [5, 5.41) is 11.4. The maximum atomic E-state index is 8.40. The Morgan fingerprint density at radius 2 is 2.38 bits per heavy atom. The summed E-state index contributed by atoms with van der Waals surface area (Å²) in [6.07, 6.45) is 1.16. The van der Waals surface area contributed by atoms with Crippen LogP contribution in [-0.2, 0) is 0 Å². The van der Waals surface area contributed by atoms with Gasteiger partial charge in [0.05, 0.1) is 6.54 Å². The van der Waals surface area contributed by atoms with Crippen LogP contribution in [0.15, 0.2) is 5.16 Å². The first kappa shape index (κ1) is 10.3. The Morgan fingerprint density at radius 1 is 1.69 bits per heavy atom. The number of nitrogens with zero attached hydrogens (tertiary/aromatic N) is 3. The number of rotatable bonds is 3. The van der Waals surface area contributed by atoms with Crippen molar-refractivity contribution in [2.24, 2.45) is 10.9 Å². The molecule has 0 bridgehead atoms. The van der Waals surface area contributed by atoms with E-state index in [9.17, 15) is 0 Å². The molecule has 3 N–H and O–H groups in total. The van der Waals surface area contributed by atoms with Crippen molar-refractivity contribution in [1.29, 1.82) is 0 Å². The Balaban J connectivity index is 2.33. The van der Waals surface area contributed by atoms with Gasteiger partial charge in [0.15, 0.2) is 5.84 Å². The number of oxime groups is 1. The van der Waals surface area contributed by atoms with E-state index < -0.39 is 0 Å². The van der Waals surface area contributed by atoms with Crippen molar-refractivity contribution < 1.29 is 5.21 Å². The van der Waals surface area contributed by atoms with Crippen LogP contribution in [0.25, 0.3) is 0 Å². The van der Waals surface area contributed by atoms with Gasteiger partial charge in [-0.1, -0.05) is 5.16 Å². The third-order valence-electron chi connectivity index (χ3n) is 2.49. The van der Waals surface area contributed by atoms with Crippen LogP contribution in [0.1, 0.15) is 6.42 Å². The number of likely N-dealkylation sites (tertiary alicyclic amines) is 1. The van der Waals surface area contributed by atoms with E-state index in [1.54, 1.807) is 0 Å². The average molecular weight is 186 g/mol. The Hall–Kier alpha value is -0.810. The smallest absolute Gasteiger partial charge is 0.153 e.